The van der Waals surface area contributed by atoms with Crippen molar-refractivity contribution in [3.63, 3.8) is 0 Å². The number of thiophene rings is 1. The summed E-state index contributed by atoms with van der Waals surface area (Å²) < 4.78 is 2.29. The summed E-state index contributed by atoms with van der Waals surface area (Å²) in [6.45, 7) is 7.56. The van der Waals surface area contributed by atoms with Gasteiger partial charge in [-0.25, -0.2) is 0 Å². The Balaban J connectivity index is 2.17. The van der Waals surface area contributed by atoms with E-state index in [1.165, 1.54) is 4.88 Å². The van der Waals surface area contributed by atoms with Crippen LogP contribution in [-0.2, 0) is 0 Å². The van der Waals surface area contributed by atoms with E-state index in [1.54, 1.807) is 11.3 Å². The Morgan fingerprint density at radius 2 is 2.00 bits per heavy atom. The minimum Gasteiger partial charge on any atom is -0.329 e. The Bertz CT molecular complexity index is 381. The van der Waals surface area contributed by atoms with E-state index in [4.69, 9.17) is 5.73 Å². The van der Waals surface area contributed by atoms with Crippen LogP contribution in [0.2, 0.25) is 0 Å². The molecule has 2 heterocycles. The van der Waals surface area contributed by atoms with E-state index in [-0.39, 0.29) is 0 Å². The Morgan fingerprint density at radius 1 is 1.39 bits per heavy atom. The molecule has 3 unspecified atom stereocenters. The molecule has 1 aliphatic heterocycles. The predicted octanol–water partition coefficient (Wildman–Crippen LogP) is 4.10. The molecule has 2 rings (SSSR count). The molecule has 0 radical (unpaired) electrons. The van der Waals surface area contributed by atoms with Gasteiger partial charge in [-0.05, 0) is 37.9 Å². The van der Waals surface area contributed by atoms with Crippen molar-refractivity contribution in [2.75, 3.05) is 19.6 Å². The van der Waals surface area contributed by atoms with Gasteiger partial charge in [0, 0.05) is 39.5 Å². The summed E-state index contributed by atoms with van der Waals surface area (Å²) >= 11 is 11.0. The molecule has 3 atom stereocenters. The van der Waals surface area contributed by atoms with E-state index < -0.39 is 0 Å². The number of nitrogens with zero attached hydrogens (tertiary/aromatic N) is 1. The Kier molecular flexibility index (Phi) is 5.61. The van der Waals surface area contributed by atoms with Crippen molar-refractivity contribution >= 4 is 55.0 Å². The van der Waals surface area contributed by atoms with Gasteiger partial charge in [0.05, 0.1) is 9.83 Å². The zero-order valence-corrected chi connectivity index (χ0v) is 15.3. The van der Waals surface area contributed by atoms with Crippen molar-refractivity contribution in [1.82, 2.24) is 4.90 Å². The molecule has 0 spiro atoms. The lowest BCUT2D eigenvalue weighted by Gasteiger charge is -2.39. The van der Waals surface area contributed by atoms with E-state index in [9.17, 15) is 0 Å². The molecule has 1 aliphatic rings. The summed E-state index contributed by atoms with van der Waals surface area (Å²) in [5, 5.41) is 1.38. The molecule has 102 valence electrons. The normalized spacial score (nSPS) is 27.4. The van der Waals surface area contributed by atoms with Gasteiger partial charge in [-0.1, -0.05) is 13.8 Å². The number of hydrogen-bond acceptors (Lipinski definition) is 4. The topological polar surface area (TPSA) is 29.3 Å². The molecule has 2 N–H and O–H groups in total. The fourth-order valence-electron chi connectivity index (χ4n) is 2.44. The van der Waals surface area contributed by atoms with Crippen molar-refractivity contribution < 1.29 is 0 Å². The van der Waals surface area contributed by atoms with Gasteiger partial charge in [-0.2, -0.15) is 11.8 Å². The lowest BCUT2D eigenvalue weighted by atomic mass is 10.1. The quantitative estimate of drug-likeness (QED) is 0.808. The molecule has 0 aliphatic carbocycles. The Labute approximate surface area is 134 Å². The van der Waals surface area contributed by atoms with Crippen molar-refractivity contribution in [2.45, 2.75) is 30.4 Å². The maximum Gasteiger partial charge on any atom is 0.0843 e. The van der Waals surface area contributed by atoms with Gasteiger partial charge in [0.2, 0.25) is 0 Å². The van der Waals surface area contributed by atoms with Crippen molar-refractivity contribution in [3.05, 3.63) is 19.2 Å². The summed E-state index contributed by atoms with van der Waals surface area (Å²) in [5.74, 6) is 0. The van der Waals surface area contributed by atoms with Crippen molar-refractivity contribution in [3.8, 4) is 0 Å². The summed E-state index contributed by atoms with van der Waals surface area (Å²) in [6, 6.07) is 2.55. The molecule has 2 nitrogen and oxygen atoms in total. The molecular formula is C12H18Br2N2S2. The number of nitrogens with two attached hydrogens (primary N) is 1. The van der Waals surface area contributed by atoms with E-state index in [0.29, 0.717) is 23.1 Å². The largest absolute Gasteiger partial charge is 0.329 e. The number of hydrogen-bond donors (Lipinski definition) is 1. The monoisotopic (exact) mass is 412 g/mol. The number of halogens is 2. The summed E-state index contributed by atoms with van der Waals surface area (Å²) in [7, 11) is 0. The standard InChI is InChI=1S/C12H18Br2N2S2/c1-7-5-16(6-8(2)17-7)10(4-15)11-3-9(13)12(14)18-11/h3,7-8,10H,4-6,15H2,1-2H3. The van der Waals surface area contributed by atoms with Crippen LogP contribution < -0.4 is 5.73 Å². The third-order valence-corrected chi connectivity index (χ3v) is 7.69. The molecule has 0 bridgehead atoms. The third kappa shape index (κ3) is 3.52. The first kappa shape index (κ1) is 15.3. The van der Waals surface area contributed by atoms with Crippen LogP contribution >= 0.6 is 55.0 Å². The Morgan fingerprint density at radius 3 is 2.44 bits per heavy atom. The van der Waals surface area contributed by atoms with Gasteiger partial charge in [0.1, 0.15) is 0 Å². The average Bonchev–Trinajstić information content (AvgIpc) is 2.58. The first-order chi connectivity index (χ1) is 8.51. The smallest absolute Gasteiger partial charge is 0.0843 e. The zero-order valence-electron chi connectivity index (χ0n) is 10.5. The van der Waals surface area contributed by atoms with Gasteiger partial charge in [-0.3, -0.25) is 4.90 Å². The van der Waals surface area contributed by atoms with Crippen molar-refractivity contribution in [2.24, 2.45) is 5.73 Å². The van der Waals surface area contributed by atoms with Crippen LogP contribution in [0.25, 0.3) is 0 Å². The van der Waals surface area contributed by atoms with Crippen LogP contribution in [0, 0.1) is 0 Å². The average molecular weight is 414 g/mol. The molecule has 0 aromatic carbocycles. The van der Waals surface area contributed by atoms with Crippen LogP contribution in [0.3, 0.4) is 0 Å². The van der Waals surface area contributed by atoms with Gasteiger partial charge in [0.15, 0.2) is 0 Å². The van der Waals surface area contributed by atoms with E-state index in [1.807, 2.05) is 0 Å². The van der Waals surface area contributed by atoms with E-state index in [0.717, 1.165) is 21.3 Å². The highest BCUT2D eigenvalue weighted by Gasteiger charge is 2.29. The number of thioether (sulfide) groups is 1. The molecule has 1 saturated heterocycles. The molecule has 6 heteroatoms. The zero-order chi connectivity index (χ0) is 13.3. The fourth-order valence-corrected chi connectivity index (χ4v) is 6.03. The molecule has 18 heavy (non-hydrogen) atoms. The minimum atomic E-state index is 0.350. The third-order valence-electron chi connectivity index (χ3n) is 3.10. The van der Waals surface area contributed by atoms with Crippen LogP contribution in [0.15, 0.2) is 14.3 Å². The van der Waals surface area contributed by atoms with Crippen LogP contribution in [0.5, 0.6) is 0 Å². The van der Waals surface area contributed by atoms with Gasteiger partial charge in [0.25, 0.3) is 0 Å². The highest BCUT2D eigenvalue weighted by atomic mass is 79.9. The van der Waals surface area contributed by atoms with Crippen LogP contribution in [0.1, 0.15) is 24.8 Å². The van der Waals surface area contributed by atoms with Gasteiger partial charge >= 0.3 is 0 Å². The predicted molar refractivity (Wildman–Crippen MR) is 89.6 cm³/mol. The highest BCUT2D eigenvalue weighted by molar-refractivity contribution is 9.13. The molecular weight excluding hydrogens is 396 g/mol. The molecule has 0 amide bonds. The maximum absolute atomic E-state index is 6.01. The van der Waals surface area contributed by atoms with Crippen molar-refractivity contribution in [1.29, 1.82) is 0 Å². The lowest BCUT2D eigenvalue weighted by Crippen LogP contribution is -2.44. The second-order valence-electron chi connectivity index (χ2n) is 4.73. The lowest BCUT2D eigenvalue weighted by molar-refractivity contribution is 0.202. The first-order valence-electron chi connectivity index (χ1n) is 6.05. The number of rotatable bonds is 3. The summed E-state index contributed by atoms with van der Waals surface area (Å²) in [6.07, 6.45) is 0. The molecule has 0 saturated carbocycles. The Hall–Kier alpha value is 0.930. The fraction of sp³-hybridized carbons (Fsp3) is 0.667. The second-order valence-corrected chi connectivity index (χ2v) is 9.87. The summed E-state index contributed by atoms with van der Waals surface area (Å²) in [4.78, 5) is 3.89. The van der Waals surface area contributed by atoms with Crippen LogP contribution in [-0.4, -0.2) is 35.0 Å². The van der Waals surface area contributed by atoms with Crippen LogP contribution in [0.4, 0.5) is 0 Å². The minimum absolute atomic E-state index is 0.350. The van der Waals surface area contributed by atoms with Gasteiger partial charge in [-0.15, -0.1) is 11.3 Å². The highest BCUT2D eigenvalue weighted by Crippen LogP contribution is 2.38. The maximum atomic E-state index is 6.01. The molecule has 1 fully saturated rings. The second kappa shape index (κ2) is 6.59. The SMILES string of the molecule is CC1CN(C(CN)c2cc(Br)c(Br)s2)CC(C)S1. The first-order valence-corrected chi connectivity index (χ1v) is 9.40. The van der Waals surface area contributed by atoms with E-state index >= 15 is 0 Å². The summed E-state index contributed by atoms with van der Waals surface area (Å²) in [5.41, 5.74) is 6.01. The molecule has 1 aromatic heterocycles. The molecule has 1 aromatic rings. The van der Waals surface area contributed by atoms with E-state index in [2.05, 4.69) is 68.4 Å². The van der Waals surface area contributed by atoms with Gasteiger partial charge < -0.3 is 5.73 Å².